The maximum Gasteiger partial charge on any atom is 0.305 e. The Morgan fingerprint density at radius 1 is 0.913 bits per heavy atom. The van der Waals surface area contributed by atoms with Crippen LogP contribution in [-0.2, 0) is 29.1 Å². The zero-order valence-electron chi connectivity index (χ0n) is 15.8. The minimum Gasteiger partial charge on any atom is -0.466 e. The van der Waals surface area contributed by atoms with Gasteiger partial charge in [-0.2, -0.15) is 0 Å². The molecule has 6 heteroatoms. The molecule has 6 nitrogen and oxygen atoms in total. The Labute approximate surface area is 140 Å². The van der Waals surface area contributed by atoms with Crippen molar-refractivity contribution >= 4 is 5.97 Å². The van der Waals surface area contributed by atoms with Crippen molar-refractivity contribution in [3.8, 4) is 0 Å². The van der Waals surface area contributed by atoms with Crippen LogP contribution in [0.4, 0.5) is 0 Å². The number of carbonyl (C=O) groups excluding carboxylic acids is 1. The SMILES string of the molecule is CCCCC(=O)OCCCC(OOC(C)(C)C)OOC(C)(C)C. The van der Waals surface area contributed by atoms with Crippen molar-refractivity contribution in [1.82, 2.24) is 0 Å². The van der Waals surface area contributed by atoms with E-state index in [1.54, 1.807) is 0 Å². The van der Waals surface area contributed by atoms with Gasteiger partial charge in [0.15, 0.2) is 0 Å². The quantitative estimate of drug-likeness (QED) is 0.184. The predicted molar refractivity (Wildman–Crippen MR) is 87.4 cm³/mol. The van der Waals surface area contributed by atoms with Gasteiger partial charge < -0.3 is 4.74 Å². The van der Waals surface area contributed by atoms with Crippen LogP contribution < -0.4 is 0 Å². The normalized spacial score (nSPS) is 12.7. The van der Waals surface area contributed by atoms with Crippen molar-refractivity contribution in [3.63, 3.8) is 0 Å². The third-order valence-corrected chi connectivity index (χ3v) is 2.39. The molecular formula is C17H34O6. The van der Waals surface area contributed by atoms with Gasteiger partial charge in [-0.1, -0.05) is 13.3 Å². The van der Waals surface area contributed by atoms with E-state index in [0.717, 1.165) is 12.8 Å². The number of unbranched alkanes of at least 4 members (excludes halogenated alkanes) is 1. The second-order valence-electron chi connectivity index (χ2n) is 7.48. The van der Waals surface area contributed by atoms with Crippen LogP contribution in [0, 0.1) is 0 Å². The monoisotopic (exact) mass is 334 g/mol. The van der Waals surface area contributed by atoms with Gasteiger partial charge in [-0.05, 0) is 54.4 Å². The summed E-state index contributed by atoms with van der Waals surface area (Å²) < 4.78 is 5.15. The van der Waals surface area contributed by atoms with E-state index in [1.165, 1.54) is 0 Å². The van der Waals surface area contributed by atoms with Gasteiger partial charge in [0.2, 0.25) is 6.29 Å². The summed E-state index contributed by atoms with van der Waals surface area (Å²) in [4.78, 5) is 32.5. The highest BCUT2D eigenvalue weighted by Gasteiger charge is 2.21. The molecule has 0 spiro atoms. The fourth-order valence-corrected chi connectivity index (χ4v) is 1.34. The van der Waals surface area contributed by atoms with Gasteiger partial charge in [0.05, 0.1) is 17.8 Å². The average Bonchev–Trinajstić information content (AvgIpc) is 2.41. The first-order valence-electron chi connectivity index (χ1n) is 8.38. The minimum absolute atomic E-state index is 0.165. The third kappa shape index (κ3) is 16.0. The zero-order chi connectivity index (χ0) is 17.9. The number of ether oxygens (including phenoxy) is 1. The molecular weight excluding hydrogens is 300 g/mol. The molecule has 0 aromatic carbocycles. The molecule has 23 heavy (non-hydrogen) atoms. The lowest BCUT2D eigenvalue weighted by Crippen LogP contribution is -2.29. The Kier molecular flexibility index (Phi) is 10.6. The first-order chi connectivity index (χ1) is 10.5. The maximum atomic E-state index is 11.4. The first kappa shape index (κ1) is 22.3. The third-order valence-electron chi connectivity index (χ3n) is 2.39. The first-order valence-corrected chi connectivity index (χ1v) is 8.38. The Morgan fingerprint density at radius 3 is 1.87 bits per heavy atom. The smallest absolute Gasteiger partial charge is 0.305 e. The van der Waals surface area contributed by atoms with Gasteiger partial charge in [-0.15, -0.1) is 0 Å². The standard InChI is InChI=1S/C17H34O6/c1-8-9-11-14(18)19-13-10-12-15(20-22-16(2,3)4)21-23-17(5,6)7/h15H,8-13H2,1-7H3. The molecule has 0 aromatic rings. The van der Waals surface area contributed by atoms with Crippen LogP contribution in [0.3, 0.4) is 0 Å². The second-order valence-corrected chi connectivity index (χ2v) is 7.48. The molecule has 0 saturated heterocycles. The topological polar surface area (TPSA) is 63.2 Å². The van der Waals surface area contributed by atoms with Crippen molar-refractivity contribution in [3.05, 3.63) is 0 Å². The Morgan fingerprint density at radius 2 is 1.43 bits per heavy atom. The summed E-state index contributed by atoms with van der Waals surface area (Å²) in [6, 6.07) is 0. The van der Waals surface area contributed by atoms with E-state index in [1.807, 2.05) is 48.5 Å². The van der Waals surface area contributed by atoms with Gasteiger partial charge in [0.25, 0.3) is 0 Å². The molecule has 0 N–H and O–H groups in total. The Bertz CT molecular complexity index is 298. The number of rotatable bonds is 11. The molecule has 0 aliphatic rings. The van der Waals surface area contributed by atoms with Crippen LogP contribution in [-0.4, -0.2) is 30.1 Å². The van der Waals surface area contributed by atoms with E-state index in [2.05, 4.69) is 0 Å². The lowest BCUT2D eigenvalue weighted by atomic mass is 10.2. The number of hydrogen-bond donors (Lipinski definition) is 0. The molecule has 0 amide bonds. The lowest BCUT2D eigenvalue weighted by molar-refractivity contribution is -0.498. The van der Waals surface area contributed by atoms with E-state index in [9.17, 15) is 4.79 Å². The van der Waals surface area contributed by atoms with Crippen molar-refractivity contribution in [1.29, 1.82) is 0 Å². The van der Waals surface area contributed by atoms with E-state index in [4.69, 9.17) is 24.3 Å². The van der Waals surface area contributed by atoms with Gasteiger partial charge in [0, 0.05) is 12.8 Å². The Balaban J connectivity index is 4.11. The molecule has 0 unspecified atom stereocenters. The maximum absolute atomic E-state index is 11.4. The summed E-state index contributed by atoms with van der Waals surface area (Å²) in [5.74, 6) is -0.165. The van der Waals surface area contributed by atoms with Gasteiger partial charge in [-0.25, -0.2) is 19.6 Å². The van der Waals surface area contributed by atoms with Crippen LogP contribution in [0.1, 0.15) is 80.6 Å². The molecule has 0 heterocycles. The predicted octanol–water partition coefficient (Wildman–Crippen LogP) is 4.32. The van der Waals surface area contributed by atoms with Crippen molar-refractivity contribution in [2.45, 2.75) is 98.1 Å². The van der Waals surface area contributed by atoms with Crippen LogP contribution in [0.15, 0.2) is 0 Å². The van der Waals surface area contributed by atoms with Gasteiger partial charge in [-0.3, -0.25) is 4.79 Å². The molecule has 0 rings (SSSR count). The highest BCUT2D eigenvalue weighted by atomic mass is 17.3. The van der Waals surface area contributed by atoms with E-state index in [0.29, 0.717) is 25.9 Å². The zero-order valence-corrected chi connectivity index (χ0v) is 15.8. The highest BCUT2D eigenvalue weighted by Crippen LogP contribution is 2.16. The molecule has 0 radical (unpaired) electrons. The van der Waals surface area contributed by atoms with Crippen LogP contribution in [0.25, 0.3) is 0 Å². The summed E-state index contributed by atoms with van der Waals surface area (Å²) >= 11 is 0. The molecule has 0 bridgehead atoms. The minimum atomic E-state index is -0.678. The number of carbonyl (C=O) groups is 1. The van der Waals surface area contributed by atoms with E-state index >= 15 is 0 Å². The summed E-state index contributed by atoms with van der Waals surface area (Å²) in [6.07, 6.45) is 2.71. The van der Waals surface area contributed by atoms with Gasteiger partial charge in [0.1, 0.15) is 0 Å². The Hall–Kier alpha value is -0.690. The molecule has 138 valence electrons. The highest BCUT2D eigenvalue weighted by molar-refractivity contribution is 5.69. The fraction of sp³-hybridized carbons (Fsp3) is 0.941. The van der Waals surface area contributed by atoms with Crippen molar-refractivity contribution < 1.29 is 29.1 Å². The molecule has 0 saturated carbocycles. The second kappa shape index (κ2) is 11.0. The van der Waals surface area contributed by atoms with Crippen molar-refractivity contribution in [2.75, 3.05) is 6.61 Å². The summed E-state index contributed by atoms with van der Waals surface area (Å²) in [5, 5.41) is 0. The molecule has 0 fully saturated rings. The number of esters is 1. The summed E-state index contributed by atoms with van der Waals surface area (Å²) in [5.41, 5.74) is -0.897. The average molecular weight is 334 g/mol. The molecule has 0 atom stereocenters. The molecule has 0 aliphatic carbocycles. The van der Waals surface area contributed by atoms with E-state index < -0.39 is 17.5 Å². The van der Waals surface area contributed by atoms with Crippen molar-refractivity contribution in [2.24, 2.45) is 0 Å². The van der Waals surface area contributed by atoms with E-state index in [-0.39, 0.29) is 5.97 Å². The van der Waals surface area contributed by atoms with Crippen LogP contribution in [0.2, 0.25) is 0 Å². The summed E-state index contributed by atoms with van der Waals surface area (Å²) in [6.45, 7) is 13.6. The van der Waals surface area contributed by atoms with Crippen LogP contribution in [0.5, 0.6) is 0 Å². The molecule has 0 aromatic heterocycles. The summed E-state index contributed by atoms with van der Waals surface area (Å²) in [7, 11) is 0. The fourth-order valence-electron chi connectivity index (χ4n) is 1.34. The molecule has 0 aliphatic heterocycles. The van der Waals surface area contributed by atoms with Crippen LogP contribution >= 0.6 is 0 Å². The largest absolute Gasteiger partial charge is 0.466 e. The number of hydrogen-bond acceptors (Lipinski definition) is 6. The lowest BCUT2D eigenvalue weighted by Gasteiger charge is -2.25. The van der Waals surface area contributed by atoms with Gasteiger partial charge >= 0.3 is 5.97 Å².